The molecule has 0 aliphatic carbocycles. The molecule has 7 heteroatoms. The van der Waals surface area contributed by atoms with Crippen molar-refractivity contribution in [3.63, 3.8) is 0 Å². The lowest BCUT2D eigenvalue weighted by atomic mass is 10.2. The summed E-state index contributed by atoms with van der Waals surface area (Å²) in [4.78, 5) is 4.36. The molecule has 24 heavy (non-hydrogen) atoms. The molecule has 0 unspecified atom stereocenters. The van der Waals surface area contributed by atoms with Crippen LogP contribution in [0.15, 0.2) is 65.2 Å². The van der Waals surface area contributed by atoms with E-state index in [2.05, 4.69) is 20.5 Å². The fourth-order valence-corrected chi connectivity index (χ4v) is 2.37. The number of anilines is 1. The second-order valence-electron chi connectivity index (χ2n) is 5.26. The van der Waals surface area contributed by atoms with Gasteiger partial charge in [-0.3, -0.25) is 0 Å². The van der Waals surface area contributed by atoms with E-state index in [1.807, 2.05) is 60.7 Å². The van der Waals surface area contributed by atoms with Crippen molar-refractivity contribution >= 4 is 5.82 Å². The summed E-state index contributed by atoms with van der Waals surface area (Å²) in [6.07, 6.45) is 0. The van der Waals surface area contributed by atoms with Crippen molar-refractivity contribution in [2.75, 3.05) is 5.73 Å². The molecule has 4 aromatic rings. The van der Waals surface area contributed by atoms with E-state index in [1.54, 1.807) is 4.68 Å². The molecule has 4 rings (SSSR count). The van der Waals surface area contributed by atoms with E-state index in [-0.39, 0.29) is 0 Å². The zero-order chi connectivity index (χ0) is 16.4. The number of aromatic nitrogens is 5. The van der Waals surface area contributed by atoms with Gasteiger partial charge in [0.25, 0.3) is 5.89 Å². The molecular weight excluding hydrogens is 304 g/mol. The molecule has 0 fully saturated rings. The zero-order valence-electron chi connectivity index (χ0n) is 12.7. The lowest BCUT2D eigenvalue weighted by Gasteiger charge is -2.02. The molecule has 0 atom stereocenters. The van der Waals surface area contributed by atoms with Crippen LogP contribution in [0.3, 0.4) is 0 Å². The molecule has 0 spiro atoms. The van der Waals surface area contributed by atoms with Crippen LogP contribution in [0.25, 0.3) is 23.0 Å². The van der Waals surface area contributed by atoms with Gasteiger partial charge in [0.2, 0.25) is 5.82 Å². The van der Waals surface area contributed by atoms with Crippen LogP contribution < -0.4 is 5.73 Å². The maximum atomic E-state index is 6.15. The first-order valence-corrected chi connectivity index (χ1v) is 7.43. The summed E-state index contributed by atoms with van der Waals surface area (Å²) in [5.74, 6) is 1.15. The van der Waals surface area contributed by atoms with Gasteiger partial charge in [-0.05, 0) is 17.7 Å². The Hall–Kier alpha value is -3.48. The molecule has 0 bridgehead atoms. The maximum absolute atomic E-state index is 6.15. The van der Waals surface area contributed by atoms with Crippen molar-refractivity contribution in [3.8, 4) is 23.0 Å². The molecule has 0 saturated carbocycles. The highest BCUT2D eigenvalue weighted by molar-refractivity contribution is 5.65. The van der Waals surface area contributed by atoms with Gasteiger partial charge in [0, 0.05) is 5.56 Å². The highest BCUT2D eigenvalue weighted by Crippen LogP contribution is 2.24. The van der Waals surface area contributed by atoms with Crippen LogP contribution in [0, 0.1) is 0 Å². The summed E-state index contributed by atoms with van der Waals surface area (Å²) in [6.45, 7) is 0.531. The maximum Gasteiger partial charge on any atom is 0.258 e. The minimum atomic E-state index is 0.325. The van der Waals surface area contributed by atoms with Crippen LogP contribution in [0.2, 0.25) is 0 Å². The molecule has 0 aliphatic rings. The van der Waals surface area contributed by atoms with Gasteiger partial charge >= 0.3 is 0 Å². The highest BCUT2D eigenvalue weighted by Gasteiger charge is 2.18. The third-order valence-corrected chi connectivity index (χ3v) is 3.61. The van der Waals surface area contributed by atoms with Crippen LogP contribution in [0.5, 0.6) is 0 Å². The Morgan fingerprint density at radius 1 is 0.958 bits per heavy atom. The van der Waals surface area contributed by atoms with Gasteiger partial charge in [0.15, 0.2) is 11.5 Å². The van der Waals surface area contributed by atoms with Crippen molar-refractivity contribution in [2.45, 2.75) is 6.54 Å². The van der Waals surface area contributed by atoms with E-state index in [1.165, 1.54) is 0 Å². The number of nitrogens with two attached hydrogens (primary N) is 1. The van der Waals surface area contributed by atoms with E-state index < -0.39 is 0 Å². The van der Waals surface area contributed by atoms with Gasteiger partial charge in [-0.25, -0.2) is 4.68 Å². The topological polar surface area (TPSA) is 95.7 Å². The Balaban J connectivity index is 1.63. The molecule has 2 heterocycles. The van der Waals surface area contributed by atoms with Crippen LogP contribution in [-0.4, -0.2) is 25.1 Å². The highest BCUT2D eigenvalue weighted by atomic mass is 16.5. The summed E-state index contributed by atoms with van der Waals surface area (Å²) in [5, 5.41) is 12.1. The van der Waals surface area contributed by atoms with Crippen LogP contribution >= 0.6 is 0 Å². The first-order chi connectivity index (χ1) is 11.8. The van der Waals surface area contributed by atoms with Crippen molar-refractivity contribution in [1.29, 1.82) is 0 Å². The van der Waals surface area contributed by atoms with E-state index in [0.717, 1.165) is 11.1 Å². The van der Waals surface area contributed by atoms with E-state index >= 15 is 0 Å². The molecule has 0 aliphatic heterocycles. The van der Waals surface area contributed by atoms with Gasteiger partial charge in [0.1, 0.15) is 0 Å². The first-order valence-electron chi connectivity index (χ1n) is 7.43. The molecule has 2 aromatic carbocycles. The Bertz CT molecular complexity index is 946. The van der Waals surface area contributed by atoms with E-state index in [4.69, 9.17) is 10.3 Å². The van der Waals surface area contributed by atoms with Gasteiger partial charge in [-0.2, -0.15) is 4.98 Å². The SMILES string of the molecule is Nc1c(-c2noc(-c3ccccc3)n2)nnn1Cc1ccccc1. The van der Waals surface area contributed by atoms with Gasteiger partial charge in [-0.15, -0.1) is 5.10 Å². The fraction of sp³-hybridized carbons (Fsp3) is 0.0588. The van der Waals surface area contributed by atoms with Crippen molar-refractivity contribution in [3.05, 3.63) is 66.2 Å². The Labute approximate surface area is 137 Å². The van der Waals surface area contributed by atoms with Gasteiger partial charge in [-0.1, -0.05) is 58.9 Å². The minimum absolute atomic E-state index is 0.325. The molecular formula is C17H14N6O. The second kappa shape index (κ2) is 5.96. The molecule has 0 saturated heterocycles. The number of benzene rings is 2. The molecule has 118 valence electrons. The molecule has 7 nitrogen and oxygen atoms in total. The average molecular weight is 318 g/mol. The van der Waals surface area contributed by atoms with Crippen LogP contribution in [-0.2, 0) is 6.54 Å². The smallest absolute Gasteiger partial charge is 0.258 e. The van der Waals surface area contributed by atoms with Crippen molar-refractivity contribution < 1.29 is 4.52 Å². The van der Waals surface area contributed by atoms with Crippen LogP contribution in [0.1, 0.15) is 5.56 Å². The third-order valence-electron chi connectivity index (χ3n) is 3.61. The quantitative estimate of drug-likeness (QED) is 0.621. The summed E-state index contributed by atoms with van der Waals surface area (Å²) in [5.41, 5.74) is 8.48. The normalized spacial score (nSPS) is 10.8. The molecule has 0 radical (unpaired) electrons. The molecule has 2 aromatic heterocycles. The van der Waals surface area contributed by atoms with E-state index in [0.29, 0.717) is 29.8 Å². The summed E-state index contributed by atoms with van der Waals surface area (Å²) >= 11 is 0. The summed E-state index contributed by atoms with van der Waals surface area (Å²) in [7, 11) is 0. The third kappa shape index (κ3) is 2.63. The standard InChI is InChI=1S/C17H14N6O/c18-15-14(20-22-23(15)11-12-7-3-1-4-8-12)16-19-17(24-21-16)13-9-5-2-6-10-13/h1-10H,11,18H2. The van der Waals surface area contributed by atoms with Crippen LogP contribution in [0.4, 0.5) is 5.82 Å². The van der Waals surface area contributed by atoms with Gasteiger partial charge < -0.3 is 10.3 Å². The first kappa shape index (κ1) is 14.1. The number of nitrogens with zero attached hydrogens (tertiary/aromatic N) is 5. The minimum Gasteiger partial charge on any atom is -0.382 e. The Kier molecular flexibility index (Phi) is 3.51. The summed E-state index contributed by atoms with van der Waals surface area (Å²) < 4.78 is 6.91. The lowest BCUT2D eigenvalue weighted by molar-refractivity contribution is 0.432. The monoisotopic (exact) mass is 318 g/mol. The van der Waals surface area contributed by atoms with Crippen molar-refractivity contribution in [1.82, 2.24) is 25.1 Å². The Morgan fingerprint density at radius 2 is 1.67 bits per heavy atom. The lowest BCUT2D eigenvalue weighted by Crippen LogP contribution is -2.06. The fourth-order valence-electron chi connectivity index (χ4n) is 2.37. The number of hydrogen-bond acceptors (Lipinski definition) is 6. The van der Waals surface area contributed by atoms with Gasteiger partial charge in [0.05, 0.1) is 6.54 Å². The average Bonchev–Trinajstić information content (AvgIpc) is 3.24. The molecule has 0 amide bonds. The molecule has 2 N–H and O–H groups in total. The second-order valence-corrected chi connectivity index (χ2v) is 5.26. The predicted molar refractivity (Wildman–Crippen MR) is 88.7 cm³/mol. The predicted octanol–water partition coefficient (Wildman–Crippen LogP) is 2.63. The zero-order valence-corrected chi connectivity index (χ0v) is 12.7. The summed E-state index contributed by atoms with van der Waals surface area (Å²) in [6, 6.07) is 19.4. The van der Waals surface area contributed by atoms with E-state index in [9.17, 15) is 0 Å². The number of rotatable bonds is 4. The van der Waals surface area contributed by atoms with Crippen molar-refractivity contribution in [2.24, 2.45) is 0 Å². The number of nitrogen functional groups attached to an aromatic ring is 1. The largest absolute Gasteiger partial charge is 0.382 e. The Morgan fingerprint density at radius 3 is 2.42 bits per heavy atom. The number of hydrogen-bond donors (Lipinski definition) is 1.